The summed E-state index contributed by atoms with van der Waals surface area (Å²) in [6.07, 6.45) is 1.89. The van der Waals surface area contributed by atoms with E-state index < -0.39 is 0 Å². The average molecular weight is 314 g/mol. The van der Waals surface area contributed by atoms with E-state index in [0.717, 1.165) is 23.1 Å². The second-order valence-electron chi connectivity index (χ2n) is 3.49. The van der Waals surface area contributed by atoms with Crippen LogP contribution in [-0.4, -0.2) is 9.36 Å². The number of aryl methyl sites for hydroxylation is 1. The Morgan fingerprint density at radius 3 is 3.00 bits per heavy atom. The molecule has 1 aromatic carbocycles. The van der Waals surface area contributed by atoms with Gasteiger partial charge < -0.3 is 10.5 Å². The Kier molecular flexibility index (Phi) is 3.96. The Labute approximate surface area is 112 Å². The molecular weight excluding hydrogens is 302 g/mol. The van der Waals surface area contributed by atoms with E-state index in [4.69, 9.17) is 10.5 Å². The van der Waals surface area contributed by atoms with Gasteiger partial charge in [-0.05, 0) is 34.5 Å². The standard InChI is InChI=1S/C11H12BrN3OS/c1-2-4-9-14-11(17-15-9)16-10-7(12)5-3-6-8(10)13/h3,5-6H,2,4,13H2,1H3. The van der Waals surface area contributed by atoms with Crippen LogP contribution >= 0.6 is 27.5 Å². The van der Waals surface area contributed by atoms with Crippen LogP contribution in [0.3, 0.4) is 0 Å². The van der Waals surface area contributed by atoms with Gasteiger partial charge in [0.1, 0.15) is 5.82 Å². The van der Waals surface area contributed by atoms with Gasteiger partial charge in [-0.3, -0.25) is 0 Å². The second kappa shape index (κ2) is 5.46. The molecular formula is C11H12BrN3OS. The predicted octanol–water partition coefficient (Wildman–Crippen LogP) is 3.63. The minimum Gasteiger partial charge on any atom is -0.426 e. The van der Waals surface area contributed by atoms with Crippen molar-refractivity contribution < 1.29 is 4.74 Å². The van der Waals surface area contributed by atoms with E-state index in [9.17, 15) is 0 Å². The van der Waals surface area contributed by atoms with Gasteiger partial charge in [0.15, 0.2) is 5.75 Å². The number of nitrogen functional groups attached to an aromatic ring is 1. The van der Waals surface area contributed by atoms with Crippen LogP contribution in [0, 0.1) is 0 Å². The molecule has 0 bridgehead atoms. The molecule has 0 aliphatic carbocycles. The molecule has 0 spiro atoms. The summed E-state index contributed by atoms with van der Waals surface area (Å²) in [4.78, 5) is 4.29. The van der Waals surface area contributed by atoms with Crippen molar-refractivity contribution in [1.29, 1.82) is 0 Å². The number of anilines is 1. The van der Waals surface area contributed by atoms with Crippen LogP contribution in [0.25, 0.3) is 0 Å². The van der Waals surface area contributed by atoms with Crippen LogP contribution in [0.4, 0.5) is 5.69 Å². The van der Waals surface area contributed by atoms with Gasteiger partial charge in [0.25, 0.3) is 5.19 Å². The van der Waals surface area contributed by atoms with Crippen molar-refractivity contribution in [1.82, 2.24) is 9.36 Å². The third-order valence-corrected chi connectivity index (χ3v) is 3.37. The van der Waals surface area contributed by atoms with E-state index in [1.165, 1.54) is 11.5 Å². The van der Waals surface area contributed by atoms with E-state index in [2.05, 4.69) is 32.2 Å². The van der Waals surface area contributed by atoms with Crippen LogP contribution in [0.1, 0.15) is 19.2 Å². The van der Waals surface area contributed by atoms with Crippen LogP contribution in [0.2, 0.25) is 0 Å². The molecule has 0 aliphatic rings. The smallest absolute Gasteiger partial charge is 0.298 e. The zero-order valence-corrected chi connectivity index (χ0v) is 11.7. The summed E-state index contributed by atoms with van der Waals surface area (Å²) in [5, 5.41) is 0.520. The Morgan fingerprint density at radius 2 is 2.29 bits per heavy atom. The minimum absolute atomic E-state index is 0.520. The van der Waals surface area contributed by atoms with Crippen LogP contribution < -0.4 is 10.5 Å². The molecule has 4 nitrogen and oxygen atoms in total. The van der Waals surface area contributed by atoms with E-state index >= 15 is 0 Å². The predicted molar refractivity (Wildman–Crippen MR) is 72.5 cm³/mol. The molecule has 0 unspecified atom stereocenters. The molecule has 0 saturated carbocycles. The summed E-state index contributed by atoms with van der Waals surface area (Å²) < 4.78 is 10.7. The Hall–Kier alpha value is -1.14. The summed E-state index contributed by atoms with van der Waals surface area (Å²) in [6, 6.07) is 5.52. The number of nitrogens with zero attached hydrogens (tertiary/aromatic N) is 2. The molecule has 0 atom stereocenters. The van der Waals surface area contributed by atoms with E-state index in [1.54, 1.807) is 6.07 Å². The van der Waals surface area contributed by atoms with Gasteiger partial charge in [0.2, 0.25) is 0 Å². The Morgan fingerprint density at radius 1 is 1.47 bits per heavy atom. The molecule has 90 valence electrons. The highest BCUT2D eigenvalue weighted by atomic mass is 79.9. The quantitative estimate of drug-likeness (QED) is 0.876. The lowest BCUT2D eigenvalue weighted by Crippen LogP contribution is -1.93. The molecule has 17 heavy (non-hydrogen) atoms. The average Bonchev–Trinajstić information content (AvgIpc) is 2.72. The monoisotopic (exact) mass is 313 g/mol. The first-order chi connectivity index (χ1) is 8.20. The number of hydrogen-bond donors (Lipinski definition) is 1. The van der Waals surface area contributed by atoms with Crippen molar-refractivity contribution in [3.05, 3.63) is 28.5 Å². The zero-order valence-electron chi connectivity index (χ0n) is 9.31. The molecule has 0 radical (unpaired) electrons. The lowest BCUT2D eigenvalue weighted by molar-refractivity contribution is 0.476. The fourth-order valence-corrected chi connectivity index (χ4v) is 2.37. The SMILES string of the molecule is CCCc1nsc(Oc2c(N)cccc2Br)n1. The van der Waals surface area contributed by atoms with Gasteiger partial charge in [0.05, 0.1) is 10.2 Å². The largest absolute Gasteiger partial charge is 0.426 e. The number of ether oxygens (including phenoxy) is 1. The minimum atomic E-state index is 0.520. The zero-order chi connectivity index (χ0) is 12.3. The normalized spacial score (nSPS) is 10.5. The molecule has 0 fully saturated rings. The van der Waals surface area contributed by atoms with Gasteiger partial charge in [-0.2, -0.15) is 9.36 Å². The number of rotatable bonds is 4. The summed E-state index contributed by atoms with van der Waals surface area (Å²) in [7, 11) is 0. The van der Waals surface area contributed by atoms with Gasteiger partial charge in [-0.25, -0.2) is 0 Å². The van der Waals surface area contributed by atoms with Gasteiger partial charge in [-0.1, -0.05) is 13.0 Å². The number of hydrogen-bond acceptors (Lipinski definition) is 5. The molecule has 6 heteroatoms. The summed E-state index contributed by atoms with van der Waals surface area (Å²) in [5.74, 6) is 1.41. The first kappa shape index (κ1) is 12.3. The Bertz CT molecular complexity index is 495. The van der Waals surface area contributed by atoms with Crippen molar-refractivity contribution in [3.63, 3.8) is 0 Å². The van der Waals surface area contributed by atoms with E-state index in [-0.39, 0.29) is 0 Å². The van der Waals surface area contributed by atoms with Crippen molar-refractivity contribution in [2.24, 2.45) is 0 Å². The third-order valence-electron chi connectivity index (χ3n) is 2.11. The van der Waals surface area contributed by atoms with E-state index in [1.807, 2.05) is 12.1 Å². The molecule has 1 heterocycles. The van der Waals surface area contributed by atoms with Gasteiger partial charge >= 0.3 is 0 Å². The Balaban J connectivity index is 2.19. The lowest BCUT2D eigenvalue weighted by atomic mass is 10.3. The van der Waals surface area contributed by atoms with Crippen LogP contribution in [-0.2, 0) is 6.42 Å². The summed E-state index contributed by atoms with van der Waals surface area (Å²) in [5.41, 5.74) is 6.41. The van der Waals surface area contributed by atoms with Gasteiger partial charge in [0, 0.05) is 18.0 Å². The summed E-state index contributed by atoms with van der Waals surface area (Å²) in [6.45, 7) is 2.09. The maximum Gasteiger partial charge on any atom is 0.298 e. The number of aromatic nitrogens is 2. The molecule has 2 rings (SSSR count). The molecule has 0 saturated heterocycles. The maximum atomic E-state index is 5.84. The number of halogens is 1. The van der Waals surface area contributed by atoms with Crippen molar-refractivity contribution >= 4 is 33.1 Å². The molecule has 2 aromatic rings. The maximum absolute atomic E-state index is 5.84. The highest BCUT2D eigenvalue weighted by molar-refractivity contribution is 9.10. The molecule has 0 amide bonds. The highest BCUT2D eigenvalue weighted by Crippen LogP contribution is 2.35. The van der Waals surface area contributed by atoms with Crippen molar-refractivity contribution in [3.8, 4) is 10.9 Å². The first-order valence-electron chi connectivity index (χ1n) is 5.25. The number of para-hydroxylation sites is 1. The fourth-order valence-electron chi connectivity index (χ4n) is 1.33. The van der Waals surface area contributed by atoms with Crippen molar-refractivity contribution in [2.45, 2.75) is 19.8 Å². The number of benzene rings is 1. The van der Waals surface area contributed by atoms with Crippen LogP contribution in [0.15, 0.2) is 22.7 Å². The van der Waals surface area contributed by atoms with E-state index in [0.29, 0.717) is 16.6 Å². The lowest BCUT2D eigenvalue weighted by Gasteiger charge is -2.06. The molecule has 2 N–H and O–H groups in total. The van der Waals surface area contributed by atoms with Gasteiger partial charge in [-0.15, -0.1) is 0 Å². The number of nitrogens with two attached hydrogens (primary N) is 1. The first-order valence-corrected chi connectivity index (χ1v) is 6.81. The highest BCUT2D eigenvalue weighted by Gasteiger charge is 2.10. The molecule has 0 aliphatic heterocycles. The molecule has 1 aromatic heterocycles. The summed E-state index contributed by atoms with van der Waals surface area (Å²) >= 11 is 4.64. The second-order valence-corrected chi connectivity index (χ2v) is 5.06. The van der Waals surface area contributed by atoms with Crippen molar-refractivity contribution in [2.75, 3.05) is 5.73 Å². The third kappa shape index (κ3) is 2.95. The van der Waals surface area contributed by atoms with Crippen LogP contribution in [0.5, 0.6) is 10.9 Å². The topological polar surface area (TPSA) is 61.0 Å². The fraction of sp³-hybridized carbons (Fsp3) is 0.273.